The molecular formula is C14H16BrFO3. The minimum absolute atomic E-state index is 0.00250. The van der Waals surface area contributed by atoms with Crippen molar-refractivity contribution in [3.63, 3.8) is 0 Å². The highest BCUT2D eigenvalue weighted by Gasteiger charge is 2.37. The van der Waals surface area contributed by atoms with Gasteiger partial charge in [0.25, 0.3) is 0 Å². The number of aliphatic carboxylic acids is 1. The summed E-state index contributed by atoms with van der Waals surface area (Å²) in [6, 6.07) is 1.40. The lowest BCUT2D eigenvalue weighted by molar-refractivity contribution is -0.137. The van der Waals surface area contributed by atoms with Crippen LogP contribution in [0.25, 0.3) is 0 Å². The van der Waals surface area contributed by atoms with Gasteiger partial charge < -0.3 is 9.84 Å². The van der Waals surface area contributed by atoms with Crippen molar-refractivity contribution in [1.29, 1.82) is 0 Å². The fraction of sp³-hybridized carbons (Fsp3) is 0.500. The van der Waals surface area contributed by atoms with E-state index in [4.69, 9.17) is 9.84 Å². The van der Waals surface area contributed by atoms with E-state index in [9.17, 15) is 9.18 Å². The molecular weight excluding hydrogens is 315 g/mol. The number of hydrogen-bond acceptors (Lipinski definition) is 2. The molecule has 0 aromatic heterocycles. The van der Waals surface area contributed by atoms with Crippen molar-refractivity contribution in [3.05, 3.63) is 27.5 Å². The number of carboxylic acid groups (broad SMARTS) is 1. The molecule has 0 aliphatic heterocycles. The lowest BCUT2D eigenvalue weighted by Gasteiger charge is -2.21. The zero-order chi connectivity index (χ0) is 14.2. The SMILES string of the molecule is COc1c(C)cc(F)c(Br)c1C(CC(=O)O)C1CC1. The Morgan fingerprint density at radius 1 is 1.63 bits per heavy atom. The van der Waals surface area contributed by atoms with E-state index in [-0.39, 0.29) is 18.2 Å². The Labute approximate surface area is 119 Å². The molecule has 1 atom stereocenters. The average Bonchev–Trinajstić information content (AvgIpc) is 3.14. The molecule has 1 unspecified atom stereocenters. The van der Waals surface area contributed by atoms with Crippen molar-refractivity contribution >= 4 is 21.9 Å². The van der Waals surface area contributed by atoms with Gasteiger partial charge in [0.1, 0.15) is 11.6 Å². The van der Waals surface area contributed by atoms with Crippen LogP contribution in [0.2, 0.25) is 0 Å². The van der Waals surface area contributed by atoms with Crippen LogP contribution in [-0.2, 0) is 4.79 Å². The molecule has 2 rings (SSSR count). The van der Waals surface area contributed by atoms with Crippen LogP contribution in [0.3, 0.4) is 0 Å². The number of halogens is 2. The zero-order valence-corrected chi connectivity index (χ0v) is 12.5. The van der Waals surface area contributed by atoms with Crippen LogP contribution < -0.4 is 4.74 Å². The highest BCUT2D eigenvalue weighted by Crippen LogP contribution is 2.50. The maximum atomic E-state index is 13.9. The first-order chi connectivity index (χ1) is 8.95. The number of rotatable bonds is 5. The molecule has 1 aliphatic rings. The third-order valence-electron chi connectivity index (χ3n) is 3.55. The molecule has 0 bridgehead atoms. The fourth-order valence-electron chi connectivity index (χ4n) is 2.55. The van der Waals surface area contributed by atoms with E-state index < -0.39 is 5.97 Å². The van der Waals surface area contributed by atoms with Gasteiger partial charge in [-0.1, -0.05) is 0 Å². The maximum absolute atomic E-state index is 13.9. The predicted molar refractivity (Wildman–Crippen MR) is 73.1 cm³/mol. The predicted octanol–water partition coefficient (Wildman–Crippen LogP) is 3.87. The van der Waals surface area contributed by atoms with E-state index in [1.165, 1.54) is 13.2 Å². The molecule has 0 radical (unpaired) electrons. The number of carbonyl (C=O) groups is 1. The first-order valence-electron chi connectivity index (χ1n) is 6.20. The largest absolute Gasteiger partial charge is 0.496 e. The van der Waals surface area contributed by atoms with Gasteiger partial charge in [0.15, 0.2) is 0 Å². The number of hydrogen-bond donors (Lipinski definition) is 1. The molecule has 1 aromatic rings. The second-order valence-corrected chi connectivity index (χ2v) is 5.77. The Morgan fingerprint density at radius 2 is 2.26 bits per heavy atom. The molecule has 0 saturated heterocycles. The van der Waals surface area contributed by atoms with Gasteiger partial charge in [0, 0.05) is 11.5 Å². The van der Waals surface area contributed by atoms with Crippen molar-refractivity contribution in [2.24, 2.45) is 5.92 Å². The summed E-state index contributed by atoms with van der Waals surface area (Å²) in [7, 11) is 1.53. The van der Waals surface area contributed by atoms with Crippen LogP contribution in [0.15, 0.2) is 10.5 Å². The molecule has 1 N–H and O–H groups in total. The Bertz CT molecular complexity index is 512. The molecule has 1 aromatic carbocycles. The molecule has 0 spiro atoms. The smallest absolute Gasteiger partial charge is 0.303 e. The Balaban J connectivity index is 2.53. The number of ether oxygens (including phenoxy) is 1. The number of benzene rings is 1. The van der Waals surface area contributed by atoms with E-state index in [0.29, 0.717) is 27.3 Å². The summed E-state index contributed by atoms with van der Waals surface area (Å²) >= 11 is 3.24. The monoisotopic (exact) mass is 330 g/mol. The van der Waals surface area contributed by atoms with Gasteiger partial charge in [-0.25, -0.2) is 4.39 Å². The van der Waals surface area contributed by atoms with E-state index in [1.54, 1.807) is 6.92 Å². The Morgan fingerprint density at radius 3 is 2.74 bits per heavy atom. The highest BCUT2D eigenvalue weighted by molar-refractivity contribution is 9.10. The Kier molecular flexibility index (Phi) is 4.13. The van der Waals surface area contributed by atoms with Gasteiger partial charge in [-0.15, -0.1) is 0 Å². The molecule has 19 heavy (non-hydrogen) atoms. The van der Waals surface area contributed by atoms with Crippen molar-refractivity contribution in [2.75, 3.05) is 7.11 Å². The fourth-order valence-corrected chi connectivity index (χ4v) is 3.14. The van der Waals surface area contributed by atoms with Crippen LogP contribution in [0, 0.1) is 18.7 Å². The number of aryl methyl sites for hydroxylation is 1. The highest BCUT2D eigenvalue weighted by atomic mass is 79.9. The maximum Gasteiger partial charge on any atom is 0.303 e. The van der Waals surface area contributed by atoms with Crippen LogP contribution in [0.1, 0.15) is 36.3 Å². The summed E-state index contributed by atoms with van der Waals surface area (Å²) in [5.74, 6) is -0.540. The minimum Gasteiger partial charge on any atom is -0.496 e. The lowest BCUT2D eigenvalue weighted by Crippen LogP contribution is -2.12. The third-order valence-corrected chi connectivity index (χ3v) is 4.36. The topological polar surface area (TPSA) is 46.5 Å². The molecule has 1 fully saturated rings. The number of methoxy groups -OCH3 is 1. The molecule has 0 heterocycles. The molecule has 104 valence electrons. The molecule has 1 saturated carbocycles. The second-order valence-electron chi connectivity index (χ2n) is 4.98. The summed E-state index contributed by atoms with van der Waals surface area (Å²) < 4.78 is 19.6. The lowest BCUT2D eigenvalue weighted by atomic mass is 9.89. The van der Waals surface area contributed by atoms with Crippen LogP contribution in [0.5, 0.6) is 5.75 Å². The van der Waals surface area contributed by atoms with E-state index in [0.717, 1.165) is 12.8 Å². The normalized spacial score (nSPS) is 16.2. The van der Waals surface area contributed by atoms with E-state index in [2.05, 4.69) is 15.9 Å². The molecule has 0 amide bonds. The summed E-state index contributed by atoms with van der Waals surface area (Å²) in [6.07, 6.45) is 1.98. The molecule has 1 aliphatic carbocycles. The van der Waals surface area contributed by atoms with E-state index in [1.807, 2.05) is 0 Å². The molecule has 5 heteroatoms. The summed E-state index contributed by atoms with van der Waals surface area (Å²) in [4.78, 5) is 11.0. The van der Waals surface area contributed by atoms with Crippen molar-refractivity contribution < 1.29 is 19.0 Å². The summed E-state index contributed by atoms with van der Waals surface area (Å²) in [6.45, 7) is 1.77. The summed E-state index contributed by atoms with van der Waals surface area (Å²) in [5, 5.41) is 9.07. The van der Waals surface area contributed by atoms with Crippen molar-refractivity contribution in [2.45, 2.75) is 32.1 Å². The van der Waals surface area contributed by atoms with Gasteiger partial charge in [-0.05, 0) is 53.2 Å². The third kappa shape index (κ3) is 2.91. The van der Waals surface area contributed by atoms with Gasteiger partial charge in [0.05, 0.1) is 18.0 Å². The second kappa shape index (κ2) is 5.49. The van der Waals surface area contributed by atoms with Gasteiger partial charge >= 0.3 is 5.97 Å². The first-order valence-corrected chi connectivity index (χ1v) is 6.99. The van der Waals surface area contributed by atoms with Crippen molar-refractivity contribution in [1.82, 2.24) is 0 Å². The van der Waals surface area contributed by atoms with Crippen LogP contribution in [0.4, 0.5) is 4.39 Å². The van der Waals surface area contributed by atoms with E-state index >= 15 is 0 Å². The first kappa shape index (κ1) is 14.3. The minimum atomic E-state index is -0.868. The number of carboxylic acids is 1. The van der Waals surface area contributed by atoms with Crippen LogP contribution in [-0.4, -0.2) is 18.2 Å². The standard InChI is InChI=1S/C14H16BrFO3/c1-7-5-10(16)13(15)12(14(7)19-2)9(6-11(17)18)8-3-4-8/h5,8-9H,3-4,6H2,1-2H3,(H,17,18). The van der Waals surface area contributed by atoms with Gasteiger partial charge in [0.2, 0.25) is 0 Å². The van der Waals surface area contributed by atoms with Gasteiger partial charge in [-0.2, -0.15) is 0 Å². The molecule has 3 nitrogen and oxygen atoms in total. The summed E-state index contributed by atoms with van der Waals surface area (Å²) in [5.41, 5.74) is 1.35. The Hall–Kier alpha value is -1.10. The van der Waals surface area contributed by atoms with Crippen LogP contribution >= 0.6 is 15.9 Å². The quantitative estimate of drug-likeness (QED) is 0.891. The average molecular weight is 331 g/mol. The van der Waals surface area contributed by atoms with Gasteiger partial charge in [-0.3, -0.25) is 4.79 Å². The zero-order valence-electron chi connectivity index (χ0n) is 10.9. The van der Waals surface area contributed by atoms with Crippen molar-refractivity contribution in [3.8, 4) is 5.75 Å².